The van der Waals surface area contributed by atoms with Crippen LogP contribution in [0, 0.1) is 11.3 Å². The van der Waals surface area contributed by atoms with Gasteiger partial charge in [0.2, 0.25) is 0 Å². The molecule has 7 nitrogen and oxygen atoms in total. The monoisotopic (exact) mass is 561 g/mol. The molecule has 38 heavy (non-hydrogen) atoms. The molecular weight excluding hydrogens is 539 g/mol. The van der Waals surface area contributed by atoms with Crippen LogP contribution in [-0.4, -0.2) is 29.9 Å². The summed E-state index contributed by atoms with van der Waals surface area (Å²) in [5.41, 5.74) is 3.09. The molecule has 2 heterocycles. The maximum Gasteiger partial charge on any atom is 0.270 e. The first-order valence-corrected chi connectivity index (χ1v) is 14.0. The van der Waals surface area contributed by atoms with Gasteiger partial charge in [0, 0.05) is 4.88 Å². The van der Waals surface area contributed by atoms with Crippen LogP contribution in [0.2, 0.25) is 0 Å². The highest BCUT2D eigenvalue weighted by Gasteiger charge is 2.33. The van der Waals surface area contributed by atoms with Crippen LogP contribution in [0.3, 0.4) is 0 Å². The van der Waals surface area contributed by atoms with E-state index >= 15 is 0 Å². The summed E-state index contributed by atoms with van der Waals surface area (Å²) in [6.07, 6.45) is 5.74. The Morgan fingerprint density at radius 3 is 2.74 bits per heavy atom. The number of ether oxygens (including phenoxy) is 2. The molecule has 0 unspecified atom stereocenters. The average Bonchev–Trinajstić information content (AvgIpc) is 3.42. The van der Waals surface area contributed by atoms with Crippen LogP contribution < -0.4 is 19.7 Å². The Kier molecular flexibility index (Phi) is 7.79. The van der Waals surface area contributed by atoms with Gasteiger partial charge in [0.15, 0.2) is 22.4 Å². The molecule has 1 aliphatic carbocycles. The number of thiophene rings is 1. The number of thiocarbonyl (C=S) groups is 1. The molecule has 192 valence electrons. The van der Waals surface area contributed by atoms with Crippen molar-refractivity contribution < 1.29 is 19.1 Å². The van der Waals surface area contributed by atoms with Crippen molar-refractivity contribution >= 4 is 68.2 Å². The number of hydrogen-bond donors (Lipinski definition) is 1. The number of nitriles is 1. The van der Waals surface area contributed by atoms with Gasteiger partial charge in [-0.1, -0.05) is 48.2 Å². The predicted octanol–water partition coefficient (Wildman–Crippen LogP) is 5.93. The van der Waals surface area contributed by atoms with Crippen molar-refractivity contribution in [2.75, 3.05) is 23.9 Å². The second kappa shape index (κ2) is 11.4. The molecule has 1 aromatic heterocycles. The van der Waals surface area contributed by atoms with E-state index in [4.69, 9.17) is 21.7 Å². The number of para-hydroxylation sites is 1. The maximum atomic E-state index is 13.0. The van der Waals surface area contributed by atoms with Crippen molar-refractivity contribution in [1.29, 1.82) is 5.26 Å². The fourth-order valence-electron chi connectivity index (χ4n) is 4.39. The zero-order valence-electron chi connectivity index (χ0n) is 20.5. The van der Waals surface area contributed by atoms with E-state index in [2.05, 4.69) is 11.4 Å². The molecule has 0 radical (unpaired) electrons. The van der Waals surface area contributed by atoms with E-state index in [-0.39, 0.29) is 18.4 Å². The smallest absolute Gasteiger partial charge is 0.270 e. The molecule has 1 fully saturated rings. The summed E-state index contributed by atoms with van der Waals surface area (Å²) in [6.45, 7) is -0.237. The van der Waals surface area contributed by atoms with Gasteiger partial charge in [0.25, 0.3) is 11.8 Å². The molecule has 1 N–H and O–H groups in total. The van der Waals surface area contributed by atoms with Gasteiger partial charge in [-0.3, -0.25) is 14.5 Å². The van der Waals surface area contributed by atoms with Crippen LogP contribution in [0.4, 0.5) is 10.7 Å². The van der Waals surface area contributed by atoms with Crippen LogP contribution in [-0.2, 0) is 22.4 Å². The molecule has 2 amide bonds. The third-order valence-corrected chi connectivity index (χ3v) is 8.70. The van der Waals surface area contributed by atoms with Crippen LogP contribution in [0.1, 0.15) is 34.4 Å². The summed E-state index contributed by atoms with van der Waals surface area (Å²) in [4.78, 5) is 28.8. The second-order valence-electron chi connectivity index (χ2n) is 8.63. The number of nitrogens with zero attached hydrogens (tertiary/aromatic N) is 2. The Morgan fingerprint density at radius 2 is 1.97 bits per heavy atom. The minimum Gasteiger partial charge on any atom is -0.493 e. The summed E-state index contributed by atoms with van der Waals surface area (Å²) in [5, 5.41) is 13.0. The van der Waals surface area contributed by atoms with Crippen LogP contribution in [0.15, 0.2) is 53.4 Å². The summed E-state index contributed by atoms with van der Waals surface area (Å²) >= 11 is 8.15. The van der Waals surface area contributed by atoms with Crippen molar-refractivity contribution in [3.05, 3.63) is 75.0 Å². The Labute approximate surface area is 234 Å². The van der Waals surface area contributed by atoms with Crippen molar-refractivity contribution in [2.24, 2.45) is 0 Å². The number of thioether (sulfide) groups is 1. The van der Waals surface area contributed by atoms with E-state index in [1.54, 1.807) is 24.3 Å². The molecule has 1 saturated heterocycles. The van der Waals surface area contributed by atoms with Gasteiger partial charge in [-0.2, -0.15) is 5.26 Å². The standard InChI is InChI=1S/C28H23N3O4S3/c1-34-22-13-17(14-24-27(33)31(28(36)38-24)18-7-3-2-4-8-18)11-12-21(22)35-16-25(32)30-26-20(15-29)19-9-5-6-10-23(19)37-26/h2-4,7-8,11-14H,5-6,9-10,16H2,1H3,(H,30,32)/b24-14-. The molecule has 0 bridgehead atoms. The largest absolute Gasteiger partial charge is 0.493 e. The third-order valence-electron chi connectivity index (χ3n) is 6.19. The lowest BCUT2D eigenvalue weighted by atomic mass is 9.96. The molecule has 2 aliphatic rings. The zero-order valence-corrected chi connectivity index (χ0v) is 22.9. The van der Waals surface area contributed by atoms with E-state index in [1.165, 1.54) is 40.0 Å². The van der Waals surface area contributed by atoms with E-state index in [0.29, 0.717) is 31.3 Å². The average molecular weight is 562 g/mol. The molecule has 0 atom stereocenters. The van der Waals surface area contributed by atoms with Crippen LogP contribution in [0.5, 0.6) is 11.5 Å². The maximum absolute atomic E-state index is 13.0. The summed E-state index contributed by atoms with van der Waals surface area (Å²) in [7, 11) is 1.51. The Morgan fingerprint density at radius 1 is 1.18 bits per heavy atom. The first-order valence-electron chi connectivity index (χ1n) is 12.0. The number of aryl methyl sites for hydroxylation is 1. The third kappa shape index (κ3) is 5.31. The minimum atomic E-state index is -0.351. The highest BCUT2D eigenvalue weighted by Crippen LogP contribution is 2.39. The van der Waals surface area contributed by atoms with Crippen molar-refractivity contribution in [2.45, 2.75) is 25.7 Å². The van der Waals surface area contributed by atoms with Gasteiger partial charge in [-0.15, -0.1) is 11.3 Å². The van der Waals surface area contributed by atoms with Gasteiger partial charge in [0.05, 0.1) is 23.3 Å². The number of hydrogen-bond acceptors (Lipinski definition) is 8. The SMILES string of the molecule is COc1cc(/C=C2\SC(=S)N(c3ccccc3)C2=O)ccc1OCC(=O)Nc1sc2c(c1C#N)CCCC2. The zero-order chi connectivity index (χ0) is 26.6. The lowest BCUT2D eigenvalue weighted by molar-refractivity contribution is -0.118. The van der Waals surface area contributed by atoms with Crippen molar-refractivity contribution in [1.82, 2.24) is 0 Å². The van der Waals surface area contributed by atoms with Crippen molar-refractivity contribution in [3.63, 3.8) is 0 Å². The van der Waals surface area contributed by atoms with Crippen LogP contribution >= 0.6 is 35.3 Å². The number of benzene rings is 2. The quantitative estimate of drug-likeness (QED) is 0.282. The predicted molar refractivity (Wildman–Crippen MR) is 155 cm³/mol. The van der Waals surface area contributed by atoms with Crippen molar-refractivity contribution in [3.8, 4) is 17.6 Å². The van der Waals surface area contributed by atoms with E-state index in [1.807, 2.05) is 30.3 Å². The fourth-order valence-corrected chi connectivity index (χ4v) is 6.95. The number of carbonyl (C=O) groups excluding carboxylic acids is 2. The first kappa shape index (κ1) is 26.0. The molecule has 3 aromatic rings. The molecule has 0 spiro atoms. The number of methoxy groups -OCH3 is 1. The minimum absolute atomic E-state index is 0.186. The summed E-state index contributed by atoms with van der Waals surface area (Å²) in [6, 6.07) is 16.7. The number of anilines is 2. The Hall–Kier alpha value is -3.65. The molecule has 10 heteroatoms. The number of nitrogens with one attached hydrogen (secondary N) is 1. The van der Waals surface area contributed by atoms with E-state index in [9.17, 15) is 14.9 Å². The highest BCUT2D eigenvalue weighted by atomic mass is 32.2. The molecule has 2 aromatic carbocycles. The van der Waals surface area contributed by atoms with E-state index in [0.717, 1.165) is 42.5 Å². The lowest BCUT2D eigenvalue weighted by Crippen LogP contribution is -2.27. The number of fused-ring (bicyclic) bond motifs is 1. The lowest BCUT2D eigenvalue weighted by Gasteiger charge is -2.14. The summed E-state index contributed by atoms with van der Waals surface area (Å²) < 4.78 is 11.7. The van der Waals surface area contributed by atoms with Gasteiger partial charge in [0.1, 0.15) is 11.1 Å². The van der Waals surface area contributed by atoms with Crippen LogP contribution in [0.25, 0.3) is 6.08 Å². The van der Waals surface area contributed by atoms with Gasteiger partial charge >= 0.3 is 0 Å². The van der Waals surface area contributed by atoms with Gasteiger partial charge in [-0.05, 0) is 67.2 Å². The highest BCUT2D eigenvalue weighted by molar-refractivity contribution is 8.27. The topological polar surface area (TPSA) is 91.7 Å². The number of rotatable bonds is 7. The second-order valence-corrected chi connectivity index (χ2v) is 11.4. The number of carbonyl (C=O) groups is 2. The fraction of sp³-hybridized carbons (Fsp3) is 0.214. The molecule has 1 aliphatic heterocycles. The molecule has 0 saturated carbocycles. The molecular formula is C28H23N3O4S3. The Bertz CT molecular complexity index is 1490. The first-order chi connectivity index (χ1) is 18.5. The van der Waals surface area contributed by atoms with E-state index < -0.39 is 0 Å². The Balaban J connectivity index is 1.26. The molecule has 5 rings (SSSR count). The number of amides is 2. The normalized spacial score (nSPS) is 15.8. The van der Waals surface area contributed by atoms with Gasteiger partial charge < -0.3 is 14.8 Å². The summed E-state index contributed by atoms with van der Waals surface area (Å²) in [5.74, 6) is 0.280. The van der Waals surface area contributed by atoms with Gasteiger partial charge in [-0.25, -0.2) is 0 Å².